The van der Waals surface area contributed by atoms with E-state index in [4.69, 9.17) is 5.73 Å². The van der Waals surface area contributed by atoms with Gasteiger partial charge in [0.2, 0.25) is 0 Å². The first-order valence-corrected chi connectivity index (χ1v) is 3.76. The summed E-state index contributed by atoms with van der Waals surface area (Å²) in [6.07, 6.45) is -3.84. The van der Waals surface area contributed by atoms with Crippen LogP contribution in [0.4, 0.5) is 13.2 Å². The van der Waals surface area contributed by atoms with Crippen LogP contribution in [-0.4, -0.2) is 12.7 Å². The van der Waals surface area contributed by atoms with Crippen LogP contribution in [0.3, 0.4) is 0 Å². The summed E-state index contributed by atoms with van der Waals surface area (Å²) in [6, 6.07) is 0. The third-order valence-electron chi connectivity index (χ3n) is 1.75. The van der Waals surface area contributed by atoms with Gasteiger partial charge in [-0.15, -0.1) is 12.4 Å². The smallest absolute Gasteiger partial charge is 0.330 e. The van der Waals surface area contributed by atoms with E-state index in [1.54, 1.807) is 0 Å². The van der Waals surface area contributed by atoms with Crippen LogP contribution in [0.5, 0.6) is 0 Å². The molecule has 0 aliphatic heterocycles. The van der Waals surface area contributed by atoms with E-state index < -0.39 is 12.6 Å². The number of rotatable bonds is 4. The fourth-order valence-electron chi connectivity index (χ4n) is 0.856. The van der Waals surface area contributed by atoms with Gasteiger partial charge in [0.1, 0.15) is 0 Å². The van der Waals surface area contributed by atoms with E-state index in [0.717, 1.165) is 6.42 Å². The lowest BCUT2D eigenvalue weighted by Gasteiger charge is -2.12. The Balaban J connectivity index is 0. The van der Waals surface area contributed by atoms with Crippen molar-refractivity contribution in [3.8, 4) is 0 Å². The number of hydrogen-bond acceptors (Lipinski definition) is 1. The van der Waals surface area contributed by atoms with Gasteiger partial charge in [-0.25, -0.2) is 0 Å². The lowest BCUT2D eigenvalue weighted by Crippen LogP contribution is -2.17. The van der Waals surface area contributed by atoms with E-state index in [1.807, 2.05) is 6.92 Å². The van der Waals surface area contributed by atoms with Crippen LogP contribution in [0.15, 0.2) is 0 Å². The van der Waals surface area contributed by atoms with Crippen LogP contribution in [0.2, 0.25) is 0 Å². The van der Waals surface area contributed by atoms with Crippen molar-refractivity contribution in [3.63, 3.8) is 0 Å². The number of hydrogen-bond donors (Lipinski definition) is 1. The van der Waals surface area contributed by atoms with E-state index in [2.05, 4.69) is 0 Å². The predicted octanol–water partition coefficient (Wildman–Crippen LogP) is 2.74. The maximum absolute atomic E-state index is 11.6. The number of halogens is 4. The van der Waals surface area contributed by atoms with Crippen molar-refractivity contribution in [2.45, 2.75) is 32.4 Å². The topological polar surface area (TPSA) is 26.0 Å². The van der Waals surface area contributed by atoms with Gasteiger partial charge in [0.05, 0.1) is 0 Å². The minimum absolute atomic E-state index is 0. The molecule has 76 valence electrons. The monoisotopic (exact) mass is 205 g/mol. The molecule has 1 unspecified atom stereocenters. The molecule has 2 N–H and O–H groups in total. The highest BCUT2D eigenvalue weighted by Crippen LogP contribution is 2.24. The average molecular weight is 206 g/mol. The SMILES string of the molecule is CCC(CN)CCC(F)(F)F.Cl. The number of nitrogens with two attached hydrogens (primary N) is 1. The van der Waals surface area contributed by atoms with Gasteiger partial charge in [-0.3, -0.25) is 0 Å². The minimum atomic E-state index is -4.03. The lowest BCUT2D eigenvalue weighted by molar-refractivity contribution is -0.137. The molecule has 0 rings (SSSR count). The molecule has 0 aliphatic carbocycles. The van der Waals surface area contributed by atoms with Gasteiger partial charge < -0.3 is 5.73 Å². The molecule has 0 spiro atoms. The molecule has 0 aliphatic rings. The molecular weight excluding hydrogens is 191 g/mol. The van der Waals surface area contributed by atoms with Crippen LogP contribution in [0, 0.1) is 5.92 Å². The summed E-state index contributed by atoms with van der Waals surface area (Å²) in [5.74, 6) is 0.0247. The van der Waals surface area contributed by atoms with Crippen molar-refractivity contribution in [3.05, 3.63) is 0 Å². The summed E-state index contributed by atoms with van der Waals surface area (Å²) in [5, 5.41) is 0. The zero-order valence-electron chi connectivity index (χ0n) is 7.03. The molecule has 0 saturated heterocycles. The lowest BCUT2D eigenvalue weighted by atomic mass is 10.0. The molecule has 0 saturated carbocycles. The van der Waals surface area contributed by atoms with Gasteiger partial charge in [-0.05, 0) is 18.9 Å². The Bertz CT molecular complexity index is 101. The molecule has 12 heavy (non-hydrogen) atoms. The summed E-state index contributed by atoms with van der Waals surface area (Å²) in [5.41, 5.74) is 5.25. The average Bonchev–Trinajstić information content (AvgIpc) is 1.88. The Labute approximate surface area is 76.9 Å². The maximum Gasteiger partial charge on any atom is 0.389 e. The van der Waals surface area contributed by atoms with Gasteiger partial charge in [-0.1, -0.05) is 13.3 Å². The summed E-state index contributed by atoms with van der Waals surface area (Å²) >= 11 is 0. The molecule has 0 aromatic rings. The zero-order valence-corrected chi connectivity index (χ0v) is 7.84. The third kappa shape index (κ3) is 8.14. The highest BCUT2D eigenvalue weighted by molar-refractivity contribution is 5.85. The first kappa shape index (κ1) is 14.6. The molecule has 0 bridgehead atoms. The molecule has 0 aromatic heterocycles. The quantitative estimate of drug-likeness (QED) is 0.751. The molecule has 1 atom stereocenters. The van der Waals surface area contributed by atoms with E-state index >= 15 is 0 Å². The van der Waals surface area contributed by atoms with Gasteiger partial charge >= 0.3 is 6.18 Å². The Morgan fingerprint density at radius 1 is 1.33 bits per heavy atom. The van der Waals surface area contributed by atoms with Gasteiger partial charge in [0.25, 0.3) is 0 Å². The van der Waals surface area contributed by atoms with Gasteiger partial charge in [0.15, 0.2) is 0 Å². The Morgan fingerprint density at radius 3 is 2.08 bits per heavy atom. The maximum atomic E-state index is 11.6. The number of alkyl halides is 3. The van der Waals surface area contributed by atoms with Crippen LogP contribution in [0.1, 0.15) is 26.2 Å². The summed E-state index contributed by atoms with van der Waals surface area (Å²) < 4.78 is 34.9. The molecule has 0 amide bonds. The fraction of sp³-hybridized carbons (Fsp3) is 1.00. The van der Waals surface area contributed by atoms with Crippen molar-refractivity contribution < 1.29 is 13.2 Å². The van der Waals surface area contributed by atoms with E-state index in [-0.39, 0.29) is 24.7 Å². The third-order valence-corrected chi connectivity index (χ3v) is 1.75. The Morgan fingerprint density at radius 2 is 1.83 bits per heavy atom. The largest absolute Gasteiger partial charge is 0.389 e. The standard InChI is InChI=1S/C7H14F3N.ClH/c1-2-6(5-11)3-4-7(8,9)10;/h6H,2-5,11H2,1H3;1H. The highest BCUT2D eigenvalue weighted by Gasteiger charge is 2.27. The minimum Gasteiger partial charge on any atom is -0.330 e. The molecule has 0 aromatic carbocycles. The van der Waals surface area contributed by atoms with Crippen molar-refractivity contribution in [1.29, 1.82) is 0 Å². The normalized spacial score (nSPS) is 13.8. The molecular formula is C7H15ClF3N. The molecule has 1 nitrogen and oxygen atoms in total. The summed E-state index contributed by atoms with van der Waals surface area (Å²) in [4.78, 5) is 0. The van der Waals surface area contributed by atoms with E-state index in [0.29, 0.717) is 6.54 Å². The van der Waals surface area contributed by atoms with Crippen molar-refractivity contribution in [1.82, 2.24) is 0 Å². The zero-order chi connectivity index (χ0) is 8.91. The summed E-state index contributed by atoms with van der Waals surface area (Å²) in [7, 11) is 0. The second-order valence-electron chi connectivity index (χ2n) is 2.66. The second kappa shape index (κ2) is 6.54. The molecule has 5 heteroatoms. The Kier molecular flexibility index (Phi) is 7.94. The Hall–Kier alpha value is 0.0400. The van der Waals surface area contributed by atoms with Crippen LogP contribution < -0.4 is 5.73 Å². The van der Waals surface area contributed by atoms with Gasteiger partial charge in [-0.2, -0.15) is 13.2 Å². The second-order valence-corrected chi connectivity index (χ2v) is 2.66. The fourth-order valence-corrected chi connectivity index (χ4v) is 0.856. The van der Waals surface area contributed by atoms with Crippen molar-refractivity contribution in [2.75, 3.05) is 6.54 Å². The predicted molar refractivity (Wildman–Crippen MR) is 45.4 cm³/mol. The van der Waals surface area contributed by atoms with Crippen molar-refractivity contribution in [2.24, 2.45) is 11.7 Å². The van der Waals surface area contributed by atoms with Crippen LogP contribution >= 0.6 is 12.4 Å². The van der Waals surface area contributed by atoms with E-state index in [9.17, 15) is 13.2 Å². The molecule has 0 radical (unpaired) electrons. The first-order valence-electron chi connectivity index (χ1n) is 3.76. The molecule has 0 fully saturated rings. The van der Waals surface area contributed by atoms with Crippen molar-refractivity contribution >= 4 is 12.4 Å². The van der Waals surface area contributed by atoms with Crippen LogP contribution in [-0.2, 0) is 0 Å². The first-order chi connectivity index (χ1) is 4.99. The van der Waals surface area contributed by atoms with Gasteiger partial charge in [0, 0.05) is 6.42 Å². The van der Waals surface area contributed by atoms with E-state index in [1.165, 1.54) is 0 Å². The summed E-state index contributed by atoms with van der Waals surface area (Å²) in [6.45, 7) is 2.21. The van der Waals surface area contributed by atoms with Crippen LogP contribution in [0.25, 0.3) is 0 Å². The highest BCUT2D eigenvalue weighted by atomic mass is 35.5. The molecule has 0 heterocycles.